The van der Waals surface area contributed by atoms with E-state index in [1.54, 1.807) is 4.90 Å². The van der Waals surface area contributed by atoms with Gasteiger partial charge in [-0.05, 0) is 25.8 Å². The highest BCUT2D eigenvalue weighted by molar-refractivity contribution is 7.87. The van der Waals surface area contributed by atoms with Crippen molar-refractivity contribution in [3.63, 3.8) is 0 Å². The first kappa shape index (κ1) is 19.3. The molecular weight excluding hydrogens is 304 g/mol. The molecule has 2 N–H and O–H groups in total. The first-order valence-electron chi connectivity index (χ1n) is 7.99. The number of amides is 1. The van der Waals surface area contributed by atoms with E-state index in [0.717, 1.165) is 13.1 Å². The summed E-state index contributed by atoms with van der Waals surface area (Å²) in [6.07, 6.45) is 1.21. The summed E-state index contributed by atoms with van der Waals surface area (Å²) in [5.41, 5.74) is 0. The molecule has 7 nitrogen and oxygen atoms in total. The van der Waals surface area contributed by atoms with Gasteiger partial charge in [0.1, 0.15) is 6.04 Å². The third kappa shape index (κ3) is 6.60. The van der Waals surface area contributed by atoms with Crippen molar-refractivity contribution in [1.29, 1.82) is 0 Å². The number of hydrogen-bond acceptors (Lipinski definition) is 4. The first-order chi connectivity index (χ1) is 10.2. The zero-order valence-electron chi connectivity index (χ0n) is 14.1. The molecule has 0 saturated carbocycles. The third-order valence-electron chi connectivity index (χ3n) is 3.66. The van der Waals surface area contributed by atoms with E-state index in [2.05, 4.69) is 14.3 Å². The molecule has 1 rings (SSSR count). The average Bonchev–Trinajstić information content (AvgIpc) is 2.44. The number of hydrogen-bond donors (Lipinski definition) is 2. The Kier molecular flexibility index (Phi) is 7.75. The van der Waals surface area contributed by atoms with Gasteiger partial charge in [0.15, 0.2) is 0 Å². The number of carbonyl (C=O) groups is 1. The molecule has 1 aliphatic rings. The minimum absolute atomic E-state index is 0.122. The largest absolute Gasteiger partial charge is 0.339 e. The van der Waals surface area contributed by atoms with Gasteiger partial charge in [-0.25, -0.2) is 4.72 Å². The van der Waals surface area contributed by atoms with Gasteiger partial charge >= 0.3 is 0 Å². The molecule has 0 aromatic heterocycles. The van der Waals surface area contributed by atoms with E-state index in [-0.39, 0.29) is 11.8 Å². The van der Waals surface area contributed by atoms with E-state index in [9.17, 15) is 13.2 Å². The van der Waals surface area contributed by atoms with Gasteiger partial charge in [0, 0.05) is 32.7 Å². The lowest BCUT2D eigenvalue weighted by molar-refractivity contribution is -0.135. The van der Waals surface area contributed by atoms with Crippen LogP contribution in [0.15, 0.2) is 0 Å². The molecule has 1 saturated heterocycles. The van der Waals surface area contributed by atoms with Crippen molar-refractivity contribution in [2.75, 3.05) is 39.8 Å². The molecule has 0 radical (unpaired) electrons. The lowest BCUT2D eigenvalue weighted by Crippen LogP contribution is -2.56. The number of likely N-dealkylation sites (N-methyl/N-ethyl adjacent to an activating group) is 1. The molecule has 1 unspecified atom stereocenters. The Morgan fingerprint density at radius 1 is 1.18 bits per heavy atom. The minimum Gasteiger partial charge on any atom is -0.339 e. The number of nitrogens with zero attached hydrogens (tertiary/aromatic N) is 2. The van der Waals surface area contributed by atoms with Crippen LogP contribution in [0.2, 0.25) is 0 Å². The monoisotopic (exact) mass is 334 g/mol. The van der Waals surface area contributed by atoms with Gasteiger partial charge in [-0.15, -0.1) is 0 Å². The maximum Gasteiger partial charge on any atom is 0.277 e. The van der Waals surface area contributed by atoms with E-state index in [4.69, 9.17) is 0 Å². The summed E-state index contributed by atoms with van der Waals surface area (Å²) in [5, 5.41) is 0. The third-order valence-corrected chi connectivity index (χ3v) is 4.84. The Balaban J connectivity index is 2.72. The van der Waals surface area contributed by atoms with Gasteiger partial charge in [0.2, 0.25) is 5.91 Å². The predicted molar refractivity (Wildman–Crippen MR) is 87.7 cm³/mol. The Morgan fingerprint density at radius 3 is 2.27 bits per heavy atom. The molecule has 1 amide bonds. The van der Waals surface area contributed by atoms with Crippen molar-refractivity contribution in [3.8, 4) is 0 Å². The van der Waals surface area contributed by atoms with Crippen LogP contribution in [0.1, 0.15) is 33.6 Å². The summed E-state index contributed by atoms with van der Waals surface area (Å²) in [7, 11) is -1.62. The highest BCUT2D eigenvalue weighted by Gasteiger charge is 2.30. The number of rotatable bonds is 8. The molecule has 0 aromatic rings. The standard InChI is InChI=1S/C14H30N4O3S/c1-5-6-15-22(20,21)16-13(11-12(2)3)14(19)18-9-7-17(4)8-10-18/h12-13,15-16H,5-11H2,1-4H3. The summed E-state index contributed by atoms with van der Waals surface area (Å²) in [6.45, 7) is 9.16. The highest BCUT2D eigenvalue weighted by Crippen LogP contribution is 2.11. The SMILES string of the molecule is CCCNS(=O)(=O)NC(CC(C)C)C(=O)N1CCN(C)CC1. The van der Waals surface area contributed by atoms with Crippen LogP contribution in [0.5, 0.6) is 0 Å². The maximum absolute atomic E-state index is 12.6. The normalized spacial score (nSPS) is 18.7. The smallest absolute Gasteiger partial charge is 0.277 e. The molecule has 1 atom stereocenters. The van der Waals surface area contributed by atoms with Crippen LogP contribution < -0.4 is 9.44 Å². The van der Waals surface area contributed by atoms with E-state index in [1.807, 2.05) is 27.8 Å². The topological polar surface area (TPSA) is 81.8 Å². The second kappa shape index (κ2) is 8.81. The fraction of sp³-hybridized carbons (Fsp3) is 0.929. The molecular formula is C14H30N4O3S. The van der Waals surface area contributed by atoms with E-state index < -0.39 is 16.3 Å². The predicted octanol–water partition coefficient (Wildman–Crippen LogP) is 0.00910. The lowest BCUT2D eigenvalue weighted by Gasteiger charge is -2.35. The van der Waals surface area contributed by atoms with Gasteiger partial charge in [-0.3, -0.25) is 4.79 Å². The van der Waals surface area contributed by atoms with Crippen LogP contribution in [0.3, 0.4) is 0 Å². The molecule has 0 spiro atoms. The summed E-state index contributed by atoms with van der Waals surface area (Å²) in [4.78, 5) is 16.6. The average molecular weight is 334 g/mol. The minimum atomic E-state index is -3.64. The first-order valence-corrected chi connectivity index (χ1v) is 9.47. The van der Waals surface area contributed by atoms with Gasteiger partial charge < -0.3 is 9.80 Å². The Bertz CT molecular complexity index is 445. The molecule has 1 heterocycles. The summed E-state index contributed by atoms with van der Waals surface area (Å²) < 4.78 is 29.0. The maximum atomic E-state index is 12.6. The van der Waals surface area contributed by atoms with Crippen molar-refractivity contribution >= 4 is 16.1 Å². The van der Waals surface area contributed by atoms with E-state index in [1.165, 1.54) is 0 Å². The molecule has 1 fully saturated rings. The molecule has 130 valence electrons. The van der Waals surface area contributed by atoms with Crippen LogP contribution in [-0.2, 0) is 15.0 Å². The Labute approximate surface area is 134 Å². The number of carbonyl (C=O) groups excluding carboxylic acids is 1. The zero-order valence-corrected chi connectivity index (χ0v) is 14.9. The molecule has 8 heteroatoms. The quantitative estimate of drug-likeness (QED) is 0.655. The van der Waals surface area contributed by atoms with Gasteiger partial charge in [-0.2, -0.15) is 13.1 Å². The van der Waals surface area contributed by atoms with Gasteiger partial charge in [-0.1, -0.05) is 20.8 Å². The number of piperazine rings is 1. The molecule has 22 heavy (non-hydrogen) atoms. The second-order valence-corrected chi connectivity index (χ2v) is 7.86. The van der Waals surface area contributed by atoms with Crippen molar-refractivity contribution in [2.45, 2.75) is 39.7 Å². The summed E-state index contributed by atoms with van der Waals surface area (Å²) >= 11 is 0. The van der Waals surface area contributed by atoms with Gasteiger partial charge in [0.05, 0.1) is 0 Å². The molecule has 0 bridgehead atoms. The van der Waals surface area contributed by atoms with Crippen LogP contribution in [0.25, 0.3) is 0 Å². The van der Waals surface area contributed by atoms with Crippen molar-refractivity contribution < 1.29 is 13.2 Å². The lowest BCUT2D eigenvalue weighted by atomic mass is 10.0. The highest BCUT2D eigenvalue weighted by atomic mass is 32.2. The van der Waals surface area contributed by atoms with E-state index >= 15 is 0 Å². The van der Waals surface area contributed by atoms with Crippen molar-refractivity contribution in [2.24, 2.45) is 5.92 Å². The second-order valence-electron chi connectivity index (χ2n) is 6.33. The van der Waals surface area contributed by atoms with Crippen LogP contribution in [0.4, 0.5) is 0 Å². The molecule has 1 aliphatic heterocycles. The summed E-state index contributed by atoms with van der Waals surface area (Å²) in [6, 6.07) is -0.697. The van der Waals surface area contributed by atoms with Crippen molar-refractivity contribution in [3.05, 3.63) is 0 Å². The van der Waals surface area contributed by atoms with Crippen molar-refractivity contribution in [1.82, 2.24) is 19.2 Å². The molecule has 0 aliphatic carbocycles. The van der Waals surface area contributed by atoms with Crippen LogP contribution in [0, 0.1) is 5.92 Å². The number of nitrogens with one attached hydrogen (secondary N) is 2. The zero-order chi connectivity index (χ0) is 16.8. The van der Waals surface area contributed by atoms with Crippen LogP contribution in [-0.4, -0.2) is 69.9 Å². The van der Waals surface area contributed by atoms with Gasteiger partial charge in [0.25, 0.3) is 10.2 Å². The fourth-order valence-corrected chi connectivity index (χ4v) is 3.51. The van der Waals surface area contributed by atoms with E-state index in [0.29, 0.717) is 32.5 Å². The Morgan fingerprint density at radius 2 is 1.77 bits per heavy atom. The molecule has 0 aromatic carbocycles. The van der Waals surface area contributed by atoms with Crippen LogP contribution >= 0.6 is 0 Å². The fourth-order valence-electron chi connectivity index (χ4n) is 2.38. The Hall–Kier alpha value is -0.700. The summed E-state index contributed by atoms with van der Waals surface area (Å²) in [5.74, 6) is 0.110.